The van der Waals surface area contributed by atoms with Crippen LogP contribution in [-0.4, -0.2) is 28.7 Å². The van der Waals surface area contributed by atoms with Crippen molar-refractivity contribution < 1.29 is 4.79 Å². The van der Waals surface area contributed by atoms with Gasteiger partial charge in [0.15, 0.2) is 5.16 Å². The molecule has 1 amide bonds. The Kier molecular flexibility index (Phi) is 6.83. The highest BCUT2D eigenvalue weighted by Crippen LogP contribution is 2.29. The minimum absolute atomic E-state index is 0.164. The Morgan fingerprint density at radius 3 is 2.52 bits per heavy atom. The molecule has 4 nitrogen and oxygen atoms in total. The Balaban J connectivity index is 1.89. The molecule has 0 spiro atoms. The lowest BCUT2D eigenvalue weighted by Crippen LogP contribution is -2.26. The molecule has 3 rings (SSSR count). The molecule has 0 saturated heterocycles. The number of benzene rings is 2. The van der Waals surface area contributed by atoms with E-state index < -0.39 is 0 Å². The molecule has 0 bridgehead atoms. The number of carbonyl (C=O) groups excluding carboxylic acids is 1. The van der Waals surface area contributed by atoms with Crippen molar-refractivity contribution in [2.24, 2.45) is 0 Å². The van der Waals surface area contributed by atoms with Gasteiger partial charge in [0.05, 0.1) is 17.0 Å². The molecule has 0 aliphatic carbocycles. The number of rotatable bonds is 6. The fraction of sp³-hybridized carbons (Fsp3) is 0.208. The summed E-state index contributed by atoms with van der Waals surface area (Å²) in [6, 6.07) is 16.2. The van der Waals surface area contributed by atoms with Gasteiger partial charge in [0.25, 0.3) is 5.91 Å². The zero-order valence-corrected chi connectivity index (χ0v) is 18.0. The second-order valence-corrected chi connectivity index (χ2v) is 7.63. The molecule has 1 heterocycles. The van der Waals surface area contributed by atoms with Crippen molar-refractivity contribution in [1.29, 1.82) is 0 Å². The Bertz CT molecular complexity index is 1050. The molecule has 2 aromatic carbocycles. The molecular weight excluding hydrogens is 378 g/mol. The standard InChI is InChI=1S/C24H25N3OS/c1-16-12-13-20(17(2)15-16)22-21(18(3)26-24(27-22)29-4)23(28)25-14-8-11-19-9-6-5-7-10-19/h5-13,15H,14H2,1-4H3,(H,25,28). The summed E-state index contributed by atoms with van der Waals surface area (Å²) in [6.45, 7) is 6.40. The number of amides is 1. The predicted octanol–water partition coefficient (Wildman–Crippen LogP) is 5.23. The summed E-state index contributed by atoms with van der Waals surface area (Å²) in [5.74, 6) is -0.164. The van der Waals surface area contributed by atoms with Gasteiger partial charge < -0.3 is 5.32 Å². The van der Waals surface area contributed by atoms with Crippen LogP contribution in [0, 0.1) is 20.8 Å². The van der Waals surface area contributed by atoms with Gasteiger partial charge in [-0.15, -0.1) is 0 Å². The second kappa shape index (κ2) is 9.52. The third-order valence-electron chi connectivity index (χ3n) is 4.61. The van der Waals surface area contributed by atoms with Gasteiger partial charge in [-0.3, -0.25) is 4.79 Å². The van der Waals surface area contributed by atoms with E-state index in [4.69, 9.17) is 0 Å². The lowest BCUT2D eigenvalue weighted by atomic mass is 9.98. The molecule has 0 fully saturated rings. The maximum absolute atomic E-state index is 13.0. The fourth-order valence-corrected chi connectivity index (χ4v) is 3.59. The van der Waals surface area contributed by atoms with Crippen molar-refractivity contribution in [3.63, 3.8) is 0 Å². The van der Waals surface area contributed by atoms with E-state index >= 15 is 0 Å². The van der Waals surface area contributed by atoms with Crippen molar-refractivity contribution in [1.82, 2.24) is 15.3 Å². The first kappa shape index (κ1) is 20.8. The van der Waals surface area contributed by atoms with Crippen molar-refractivity contribution in [2.75, 3.05) is 12.8 Å². The van der Waals surface area contributed by atoms with Gasteiger partial charge in [0, 0.05) is 12.1 Å². The molecule has 3 aromatic rings. The first-order chi connectivity index (χ1) is 14.0. The van der Waals surface area contributed by atoms with Crippen LogP contribution in [0.4, 0.5) is 0 Å². The smallest absolute Gasteiger partial charge is 0.255 e. The lowest BCUT2D eigenvalue weighted by molar-refractivity contribution is 0.0957. The molecule has 0 radical (unpaired) electrons. The number of aryl methyl sites for hydroxylation is 3. The van der Waals surface area contributed by atoms with Crippen molar-refractivity contribution in [2.45, 2.75) is 25.9 Å². The average Bonchev–Trinajstić information content (AvgIpc) is 2.71. The van der Waals surface area contributed by atoms with E-state index in [1.165, 1.54) is 17.3 Å². The molecular formula is C24H25N3OS. The highest BCUT2D eigenvalue weighted by atomic mass is 32.2. The van der Waals surface area contributed by atoms with Gasteiger partial charge >= 0.3 is 0 Å². The van der Waals surface area contributed by atoms with E-state index in [9.17, 15) is 4.79 Å². The predicted molar refractivity (Wildman–Crippen MR) is 121 cm³/mol. The lowest BCUT2D eigenvalue weighted by Gasteiger charge is -2.14. The minimum atomic E-state index is -0.164. The number of nitrogens with one attached hydrogen (secondary N) is 1. The molecule has 0 aliphatic rings. The van der Waals surface area contributed by atoms with Gasteiger partial charge in [0.1, 0.15) is 0 Å². The summed E-state index contributed by atoms with van der Waals surface area (Å²) >= 11 is 1.48. The van der Waals surface area contributed by atoms with Gasteiger partial charge in [0.2, 0.25) is 0 Å². The number of hydrogen-bond donors (Lipinski definition) is 1. The molecule has 0 saturated carbocycles. The quantitative estimate of drug-likeness (QED) is 0.452. The molecule has 1 N–H and O–H groups in total. The summed E-state index contributed by atoms with van der Waals surface area (Å²) < 4.78 is 0. The van der Waals surface area contributed by atoms with E-state index in [1.807, 2.05) is 74.7 Å². The fourth-order valence-electron chi connectivity index (χ4n) is 3.18. The number of nitrogens with zero attached hydrogens (tertiary/aromatic N) is 2. The van der Waals surface area contributed by atoms with Crippen LogP contribution >= 0.6 is 11.8 Å². The molecule has 0 atom stereocenters. The van der Waals surface area contributed by atoms with Crippen molar-refractivity contribution >= 4 is 23.7 Å². The Morgan fingerprint density at radius 2 is 1.83 bits per heavy atom. The van der Waals surface area contributed by atoms with E-state index in [0.717, 1.165) is 16.7 Å². The van der Waals surface area contributed by atoms with Crippen LogP contribution in [0.15, 0.2) is 59.8 Å². The largest absolute Gasteiger partial charge is 0.348 e. The SMILES string of the molecule is CSc1nc(C)c(C(=O)NCC=Cc2ccccc2)c(-c2ccc(C)cc2C)n1. The second-order valence-electron chi connectivity index (χ2n) is 6.86. The van der Waals surface area contributed by atoms with E-state index in [1.54, 1.807) is 0 Å². The average molecular weight is 404 g/mol. The van der Waals surface area contributed by atoms with Crippen LogP contribution < -0.4 is 5.32 Å². The summed E-state index contributed by atoms with van der Waals surface area (Å²) in [5.41, 5.74) is 6.23. The Morgan fingerprint density at radius 1 is 1.07 bits per heavy atom. The van der Waals surface area contributed by atoms with Crippen LogP contribution in [0.1, 0.15) is 32.7 Å². The van der Waals surface area contributed by atoms with Crippen molar-refractivity contribution in [3.8, 4) is 11.3 Å². The monoisotopic (exact) mass is 403 g/mol. The summed E-state index contributed by atoms with van der Waals surface area (Å²) in [5, 5.41) is 3.64. The molecule has 0 unspecified atom stereocenters. The molecule has 148 valence electrons. The third-order valence-corrected chi connectivity index (χ3v) is 5.15. The summed E-state index contributed by atoms with van der Waals surface area (Å²) in [4.78, 5) is 22.2. The summed E-state index contributed by atoms with van der Waals surface area (Å²) in [7, 11) is 0. The van der Waals surface area contributed by atoms with E-state index in [0.29, 0.717) is 28.7 Å². The number of thioether (sulfide) groups is 1. The molecule has 1 aromatic heterocycles. The summed E-state index contributed by atoms with van der Waals surface area (Å²) in [6.07, 6.45) is 5.87. The first-order valence-corrected chi connectivity index (χ1v) is 10.7. The maximum Gasteiger partial charge on any atom is 0.255 e. The van der Waals surface area contributed by atoms with Gasteiger partial charge in [-0.25, -0.2) is 9.97 Å². The normalized spacial score (nSPS) is 11.0. The van der Waals surface area contributed by atoms with Gasteiger partial charge in [-0.05, 0) is 38.2 Å². The van der Waals surface area contributed by atoms with Crippen LogP contribution in [0.25, 0.3) is 17.3 Å². The van der Waals surface area contributed by atoms with Gasteiger partial charge in [-0.2, -0.15) is 0 Å². The van der Waals surface area contributed by atoms with Crippen LogP contribution in [0.2, 0.25) is 0 Å². The third kappa shape index (κ3) is 5.12. The van der Waals surface area contributed by atoms with E-state index in [2.05, 4.69) is 28.3 Å². The van der Waals surface area contributed by atoms with Crippen LogP contribution in [0.3, 0.4) is 0 Å². The number of carbonyl (C=O) groups is 1. The van der Waals surface area contributed by atoms with E-state index in [-0.39, 0.29) is 5.91 Å². The van der Waals surface area contributed by atoms with Crippen LogP contribution in [-0.2, 0) is 0 Å². The van der Waals surface area contributed by atoms with Crippen LogP contribution in [0.5, 0.6) is 0 Å². The maximum atomic E-state index is 13.0. The topological polar surface area (TPSA) is 54.9 Å². The van der Waals surface area contributed by atoms with Crippen molar-refractivity contribution in [3.05, 3.63) is 82.6 Å². The Hall–Kier alpha value is -2.92. The first-order valence-electron chi connectivity index (χ1n) is 9.49. The van der Waals surface area contributed by atoms with Gasteiger partial charge in [-0.1, -0.05) is 78.0 Å². The molecule has 29 heavy (non-hydrogen) atoms. The Labute approximate surface area is 176 Å². The molecule has 5 heteroatoms. The molecule has 0 aliphatic heterocycles. The minimum Gasteiger partial charge on any atom is -0.348 e. The number of hydrogen-bond acceptors (Lipinski definition) is 4. The highest BCUT2D eigenvalue weighted by molar-refractivity contribution is 7.98. The number of aromatic nitrogens is 2. The highest BCUT2D eigenvalue weighted by Gasteiger charge is 2.20. The zero-order chi connectivity index (χ0) is 20.8. The zero-order valence-electron chi connectivity index (χ0n) is 17.2.